The molecule has 3 rings (SSSR count). The van der Waals surface area contributed by atoms with Gasteiger partial charge in [-0.25, -0.2) is 13.1 Å². The van der Waals surface area contributed by atoms with Gasteiger partial charge >= 0.3 is 0 Å². The monoisotopic (exact) mass is 394 g/mol. The molecule has 0 aromatic heterocycles. The highest BCUT2D eigenvalue weighted by atomic mass is 32.2. The summed E-state index contributed by atoms with van der Waals surface area (Å²) >= 11 is 0. The maximum absolute atomic E-state index is 12.7. The minimum Gasteiger partial charge on any atom is -0.322 e. The Labute approximate surface area is 165 Å². The first kappa shape index (κ1) is 19.8. The number of rotatable bonds is 6. The van der Waals surface area contributed by atoms with E-state index in [4.69, 9.17) is 0 Å². The van der Waals surface area contributed by atoms with Gasteiger partial charge in [0, 0.05) is 17.3 Å². The Morgan fingerprint density at radius 1 is 0.893 bits per heavy atom. The van der Waals surface area contributed by atoms with E-state index in [2.05, 4.69) is 10.0 Å². The van der Waals surface area contributed by atoms with E-state index < -0.39 is 10.0 Å². The molecule has 28 heavy (non-hydrogen) atoms. The van der Waals surface area contributed by atoms with Crippen LogP contribution < -0.4 is 10.0 Å². The lowest BCUT2D eigenvalue weighted by molar-refractivity contribution is 0.102. The third kappa shape index (κ3) is 4.65. The Morgan fingerprint density at radius 3 is 2.11 bits per heavy atom. The molecule has 0 saturated carbocycles. The fourth-order valence-electron chi connectivity index (χ4n) is 2.84. The molecule has 2 N–H and O–H groups in total. The van der Waals surface area contributed by atoms with Crippen LogP contribution >= 0.6 is 0 Å². The van der Waals surface area contributed by atoms with Crippen molar-refractivity contribution in [3.05, 3.63) is 95.6 Å². The number of carbonyl (C=O) groups excluding carboxylic acids is 1. The molecule has 0 aliphatic carbocycles. The van der Waals surface area contributed by atoms with Crippen molar-refractivity contribution in [2.75, 3.05) is 5.32 Å². The highest BCUT2D eigenvalue weighted by Crippen LogP contribution is 2.22. The van der Waals surface area contributed by atoms with Crippen LogP contribution in [-0.2, 0) is 10.0 Å². The van der Waals surface area contributed by atoms with Gasteiger partial charge in [0.05, 0.1) is 4.90 Å². The number of carbonyl (C=O) groups is 1. The quantitative estimate of drug-likeness (QED) is 0.655. The Bertz CT molecular complexity index is 1070. The average molecular weight is 394 g/mol. The van der Waals surface area contributed by atoms with Crippen LogP contribution in [0.1, 0.15) is 34.5 Å². The topological polar surface area (TPSA) is 75.3 Å². The summed E-state index contributed by atoms with van der Waals surface area (Å²) in [5.74, 6) is -0.241. The van der Waals surface area contributed by atoms with E-state index in [-0.39, 0.29) is 16.8 Å². The molecular weight excluding hydrogens is 372 g/mol. The van der Waals surface area contributed by atoms with E-state index in [1.807, 2.05) is 36.4 Å². The van der Waals surface area contributed by atoms with Crippen molar-refractivity contribution in [3.8, 4) is 0 Å². The molecule has 6 heteroatoms. The van der Waals surface area contributed by atoms with Gasteiger partial charge in [-0.05, 0) is 55.3 Å². The number of hydrogen-bond donors (Lipinski definition) is 2. The summed E-state index contributed by atoms with van der Waals surface area (Å²) < 4.78 is 28.1. The average Bonchev–Trinajstić information content (AvgIpc) is 2.70. The molecule has 0 fully saturated rings. The van der Waals surface area contributed by atoms with E-state index in [9.17, 15) is 13.2 Å². The summed E-state index contributed by atoms with van der Waals surface area (Å²) in [6.45, 7) is 3.56. The summed E-state index contributed by atoms with van der Waals surface area (Å²) in [4.78, 5) is 12.5. The number of amides is 1. The van der Waals surface area contributed by atoms with Crippen LogP contribution in [0.2, 0.25) is 0 Å². The molecule has 0 heterocycles. The highest BCUT2D eigenvalue weighted by Gasteiger charge is 2.19. The van der Waals surface area contributed by atoms with Crippen molar-refractivity contribution in [2.24, 2.45) is 0 Å². The Balaban J connectivity index is 1.76. The van der Waals surface area contributed by atoms with E-state index in [0.29, 0.717) is 16.8 Å². The minimum absolute atomic E-state index is 0.158. The molecule has 0 aliphatic rings. The molecule has 144 valence electrons. The van der Waals surface area contributed by atoms with Crippen molar-refractivity contribution in [1.29, 1.82) is 0 Å². The second-order valence-electron chi connectivity index (χ2n) is 6.55. The Morgan fingerprint density at radius 2 is 1.50 bits per heavy atom. The number of benzene rings is 3. The molecule has 0 aliphatic heterocycles. The van der Waals surface area contributed by atoms with E-state index in [1.54, 1.807) is 50.2 Å². The maximum atomic E-state index is 12.7. The van der Waals surface area contributed by atoms with Gasteiger partial charge in [-0.1, -0.05) is 48.5 Å². The molecule has 5 nitrogen and oxygen atoms in total. The fourth-order valence-corrected chi connectivity index (χ4v) is 4.15. The van der Waals surface area contributed by atoms with Crippen LogP contribution in [0.3, 0.4) is 0 Å². The van der Waals surface area contributed by atoms with Gasteiger partial charge in [-0.15, -0.1) is 0 Å². The molecule has 0 bridgehead atoms. The van der Waals surface area contributed by atoms with Crippen LogP contribution in [-0.4, -0.2) is 14.3 Å². The Kier molecular flexibility index (Phi) is 5.92. The van der Waals surface area contributed by atoms with Crippen LogP contribution in [0.5, 0.6) is 0 Å². The molecule has 0 spiro atoms. The molecule has 3 aromatic carbocycles. The third-order valence-corrected chi connectivity index (χ3v) is 5.96. The largest absolute Gasteiger partial charge is 0.322 e. The smallest absolute Gasteiger partial charge is 0.255 e. The Hall–Kier alpha value is -2.96. The molecular formula is C22H22N2O3S. The van der Waals surface area contributed by atoms with Gasteiger partial charge in [0.1, 0.15) is 0 Å². The lowest BCUT2D eigenvalue weighted by Crippen LogP contribution is -2.27. The normalized spacial score (nSPS) is 12.4. The van der Waals surface area contributed by atoms with Crippen molar-refractivity contribution >= 4 is 21.6 Å². The summed E-state index contributed by atoms with van der Waals surface area (Å²) in [7, 11) is -3.69. The second kappa shape index (κ2) is 8.37. The molecule has 3 aromatic rings. The molecule has 0 unspecified atom stereocenters. The summed E-state index contributed by atoms with van der Waals surface area (Å²) in [6, 6.07) is 22.5. The number of sulfonamides is 1. The molecule has 1 amide bonds. The van der Waals surface area contributed by atoms with Crippen molar-refractivity contribution in [1.82, 2.24) is 4.72 Å². The number of nitrogens with one attached hydrogen (secondary N) is 2. The van der Waals surface area contributed by atoms with Crippen LogP contribution in [0, 0.1) is 6.92 Å². The maximum Gasteiger partial charge on any atom is 0.255 e. The van der Waals surface area contributed by atoms with Crippen molar-refractivity contribution in [3.63, 3.8) is 0 Å². The highest BCUT2D eigenvalue weighted by molar-refractivity contribution is 7.89. The molecule has 0 radical (unpaired) electrons. The summed E-state index contributed by atoms with van der Waals surface area (Å²) in [6.07, 6.45) is 0. The van der Waals surface area contributed by atoms with Crippen molar-refractivity contribution in [2.45, 2.75) is 24.8 Å². The zero-order valence-electron chi connectivity index (χ0n) is 15.7. The van der Waals surface area contributed by atoms with E-state index >= 15 is 0 Å². The van der Waals surface area contributed by atoms with Gasteiger partial charge < -0.3 is 5.32 Å². The van der Waals surface area contributed by atoms with Crippen molar-refractivity contribution < 1.29 is 13.2 Å². The lowest BCUT2D eigenvalue weighted by Gasteiger charge is -2.16. The minimum atomic E-state index is -3.69. The predicted molar refractivity (Wildman–Crippen MR) is 111 cm³/mol. The number of aryl methyl sites for hydroxylation is 1. The van der Waals surface area contributed by atoms with E-state index in [0.717, 1.165) is 5.56 Å². The van der Waals surface area contributed by atoms with Gasteiger partial charge in [-0.2, -0.15) is 0 Å². The summed E-state index contributed by atoms with van der Waals surface area (Å²) in [5.41, 5.74) is 2.66. The standard InChI is InChI=1S/C22H22N2O3S/c1-16-15-20(28(26,27)24-17(2)18-9-5-3-6-10-18)13-14-21(16)23-22(25)19-11-7-4-8-12-19/h3-15,17,24H,1-2H3,(H,23,25)/t17-/m0/s1. The summed E-state index contributed by atoms with van der Waals surface area (Å²) in [5, 5.41) is 2.82. The molecule has 1 atom stereocenters. The third-order valence-electron chi connectivity index (χ3n) is 4.42. The van der Waals surface area contributed by atoms with Gasteiger partial charge in [0.25, 0.3) is 5.91 Å². The second-order valence-corrected chi connectivity index (χ2v) is 8.26. The SMILES string of the molecule is Cc1cc(S(=O)(=O)N[C@@H](C)c2ccccc2)ccc1NC(=O)c1ccccc1. The number of anilines is 1. The van der Waals surface area contributed by atoms with E-state index in [1.165, 1.54) is 6.07 Å². The zero-order valence-corrected chi connectivity index (χ0v) is 16.5. The van der Waals surface area contributed by atoms with Gasteiger partial charge in [0.2, 0.25) is 10.0 Å². The van der Waals surface area contributed by atoms with Crippen LogP contribution in [0.25, 0.3) is 0 Å². The number of hydrogen-bond acceptors (Lipinski definition) is 3. The first-order valence-electron chi connectivity index (χ1n) is 8.91. The van der Waals surface area contributed by atoms with Crippen LogP contribution in [0.4, 0.5) is 5.69 Å². The van der Waals surface area contributed by atoms with Gasteiger partial charge in [-0.3, -0.25) is 4.79 Å². The first-order chi connectivity index (χ1) is 13.4. The van der Waals surface area contributed by atoms with Crippen LogP contribution in [0.15, 0.2) is 83.8 Å². The fraction of sp³-hybridized carbons (Fsp3) is 0.136. The molecule has 0 saturated heterocycles. The first-order valence-corrected chi connectivity index (χ1v) is 10.4. The zero-order chi connectivity index (χ0) is 20.1. The predicted octanol–water partition coefficient (Wildman–Crippen LogP) is 4.29. The van der Waals surface area contributed by atoms with Gasteiger partial charge in [0.15, 0.2) is 0 Å². The lowest BCUT2D eigenvalue weighted by atomic mass is 10.1.